The molecule has 1 saturated carbocycles. The van der Waals surface area contributed by atoms with Crippen molar-refractivity contribution < 1.29 is 9.53 Å². The van der Waals surface area contributed by atoms with Gasteiger partial charge in [-0.3, -0.25) is 9.78 Å². The zero-order valence-electron chi connectivity index (χ0n) is 13.4. The van der Waals surface area contributed by atoms with Crippen molar-refractivity contribution in [2.75, 3.05) is 18.6 Å². The van der Waals surface area contributed by atoms with Crippen LogP contribution >= 0.6 is 0 Å². The van der Waals surface area contributed by atoms with E-state index in [1.807, 2.05) is 30.5 Å². The highest BCUT2D eigenvalue weighted by Gasteiger charge is 2.30. The smallest absolute Gasteiger partial charge is 0.262 e. The Morgan fingerprint density at radius 3 is 2.92 bits per heavy atom. The molecule has 0 saturated heterocycles. The number of ether oxygens (including phenoxy) is 1. The van der Waals surface area contributed by atoms with E-state index in [1.165, 1.54) is 12.8 Å². The van der Waals surface area contributed by atoms with Crippen LogP contribution < -0.4 is 9.64 Å². The second kappa shape index (κ2) is 5.96. The molecular formula is C18H18N4O2. The van der Waals surface area contributed by atoms with E-state index in [-0.39, 0.29) is 5.91 Å². The van der Waals surface area contributed by atoms with Crippen LogP contribution in [-0.4, -0.2) is 34.2 Å². The van der Waals surface area contributed by atoms with Gasteiger partial charge in [-0.15, -0.1) is 0 Å². The monoisotopic (exact) mass is 322 g/mol. The standard InChI is InChI=1S/C18H18N4O2/c1-24-16-5-3-9-22-17(16)15(11-20-22)18(23)21(12-13-6-7-13)14-4-2-8-19-10-14/h2-5,8-11,13H,6-7,12H2,1H3. The Hall–Kier alpha value is -2.89. The topological polar surface area (TPSA) is 59.7 Å². The summed E-state index contributed by atoms with van der Waals surface area (Å²) in [7, 11) is 1.60. The average molecular weight is 322 g/mol. The van der Waals surface area contributed by atoms with E-state index in [1.54, 1.807) is 35.1 Å². The van der Waals surface area contributed by atoms with Crippen LogP contribution in [0.1, 0.15) is 23.2 Å². The van der Waals surface area contributed by atoms with Crippen LogP contribution in [0, 0.1) is 5.92 Å². The molecule has 0 atom stereocenters. The van der Waals surface area contributed by atoms with Gasteiger partial charge in [0, 0.05) is 18.9 Å². The van der Waals surface area contributed by atoms with E-state index >= 15 is 0 Å². The van der Waals surface area contributed by atoms with Crippen LogP contribution in [0.4, 0.5) is 5.69 Å². The normalized spacial score (nSPS) is 13.9. The second-order valence-corrected chi connectivity index (χ2v) is 6.00. The SMILES string of the molecule is COc1cccn2ncc(C(=O)N(CC3CC3)c3cccnc3)c12. The number of fused-ring (bicyclic) bond motifs is 1. The Bertz CT molecular complexity index is 871. The third-order valence-electron chi connectivity index (χ3n) is 4.29. The fourth-order valence-corrected chi connectivity index (χ4v) is 2.86. The molecular weight excluding hydrogens is 304 g/mol. The van der Waals surface area contributed by atoms with Crippen LogP contribution in [-0.2, 0) is 0 Å². The number of carbonyl (C=O) groups is 1. The minimum Gasteiger partial charge on any atom is -0.494 e. The predicted molar refractivity (Wildman–Crippen MR) is 90.4 cm³/mol. The first kappa shape index (κ1) is 14.7. The Morgan fingerprint density at radius 2 is 2.21 bits per heavy atom. The van der Waals surface area contributed by atoms with Gasteiger partial charge in [-0.1, -0.05) is 0 Å². The van der Waals surface area contributed by atoms with Gasteiger partial charge in [-0.25, -0.2) is 4.52 Å². The molecule has 3 aromatic heterocycles. The molecule has 6 heteroatoms. The Balaban J connectivity index is 1.77. The third kappa shape index (κ3) is 2.60. The molecule has 1 fully saturated rings. The molecule has 3 aromatic rings. The van der Waals surface area contributed by atoms with Crippen molar-refractivity contribution in [1.29, 1.82) is 0 Å². The van der Waals surface area contributed by atoms with Gasteiger partial charge in [0.2, 0.25) is 0 Å². The maximum Gasteiger partial charge on any atom is 0.262 e. The van der Waals surface area contributed by atoms with Gasteiger partial charge in [0.25, 0.3) is 5.91 Å². The summed E-state index contributed by atoms with van der Waals surface area (Å²) in [6.45, 7) is 0.705. The van der Waals surface area contributed by atoms with Crippen molar-refractivity contribution in [3.8, 4) is 5.75 Å². The largest absolute Gasteiger partial charge is 0.494 e. The minimum absolute atomic E-state index is 0.0746. The van der Waals surface area contributed by atoms with Crippen LogP contribution in [0.3, 0.4) is 0 Å². The molecule has 1 aliphatic rings. The van der Waals surface area contributed by atoms with E-state index in [9.17, 15) is 4.79 Å². The van der Waals surface area contributed by atoms with Gasteiger partial charge >= 0.3 is 0 Å². The van der Waals surface area contributed by atoms with E-state index in [0.29, 0.717) is 29.3 Å². The summed E-state index contributed by atoms with van der Waals surface area (Å²) in [6, 6.07) is 7.44. The van der Waals surface area contributed by atoms with Crippen molar-refractivity contribution in [1.82, 2.24) is 14.6 Å². The van der Waals surface area contributed by atoms with Crippen LogP contribution in [0.25, 0.3) is 5.52 Å². The first-order chi connectivity index (χ1) is 11.8. The second-order valence-electron chi connectivity index (χ2n) is 6.00. The zero-order valence-corrected chi connectivity index (χ0v) is 13.4. The Labute approximate surface area is 139 Å². The summed E-state index contributed by atoms with van der Waals surface area (Å²) in [5, 5.41) is 4.29. The number of rotatable bonds is 5. The lowest BCUT2D eigenvalue weighted by Crippen LogP contribution is -2.33. The molecule has 4 rings (SSSR count). The molecule has 0 spiro atoms. The van der Waals surface area contributed by atoms with Crippen molar-refractivity contribution in [2.24, 2.45) is 5.92 Å². The van der Waals surface area contributed by atoms with E-state index < -0.39 is 0 Å². The fraction of sp³-hybridized carbons (Fsp3) is 0.278. The molecule has 3 heterocycles. The lowest BCUT2D eigenvalue weighted by Gasteiger charge is -2.22. The number of hydrogen-bond donors (Lipinski definition) is 0. The highest BCUT2D eigenvalue weighted by atomic mass is 16.5. The molecule has 0 aromatic carbocycles. The summed E-state index contributed by atoms with van der Waals surface area (Å²) in [4.78, 5) is 19.2. The number of carbonyl (C=O) groups excluding carboxylic acids is 1. The quantitative estimate of drug-likeness (QED) is 0.725. The summed E-state index contributed by atoms with van der Waals surface area (Å²) in [5.41, 5.74) is 2.04. The minimum atomic E-state index is -0.0746. The van der Waals surface area contributed by atoms with Crippen LogP contribution in [0.2, 0.25) is 0 Å². The highest BCUT2D eigenvalue weighted by molar-refractivity contribution is 6.11. The third-order valence-corrected chi connectivity index (χ3v) is 4.29. The first-order valence-electron chi connectivity index (χ1n) is 8.00. The van der Waals surface area contributed by atoms with Gasteiger partial charge in [0.15, 0.2) is 0 Å². The zero-order chi connectivity index (χ0) is 16.5. The maximum absolute atomic E-state index is 13.2. The van der Waals surface area contributed by atoms with Gasteiger partial charge in [0.1, 0.15) is 11.3 Å². The number of hydrogen-bond acceptors (Lipinski definition) is 4. The van der Waals surface area contributed by atoms with Gasteiger partial charge < -0.3 is 9.64 Å². The molecule has 6 nitrogen and oxygen atoms in total. The van der Waals surface area contributed by atoms with Gasteiger partial charge in [0.05, 0.1) is 30.8 Å². The number of anilines is 1. The molecule has 24 heavy (non-hydrogen) atoms. The molecule has 1 amide bonds. The van der Waals surface area contributed by atoms with E-state index in [0.717, 1.165) is 5.69 Å². The summed E-state index contributed by atoms with van der Waals surface area (Å²) < 4.78 is 7.08. The van der Waals surface area contributed by atoms with Crippen LogP contribution in [0.15, 0.2) is 49.1 Å². The Morgan fingerprint density at radius 1 is 1.33 bits per heavy atom. The lowest BCUT2D eigenvalue weighted by molar-refractivity contribution is 0.0987. The highest BCUT2D eigenvalue weighted by Crippen LogP contribution is 2.33. The average Bonchev–Trinajstić information content (AvgIpc) is 3.35. The summed E-state index contributed by atoms with van der Waals surface area (Å²) >= 11 is 0. The van der Waals surface area contributed by atoms with E-state index in [4.69, 9.17) is 4.74 Å². The van der Waals surface area contributed by atoms with E-state index in [2.05, 4.69) is 10.1 Å². The summed E-state index contributed by atoms with van der Waals surface area (Å²) in [5.74, 6) is 1.13. The number of methoxy groups -OCH3 is 1. The van der Waals surface area contributed by atoms with Crippen molar-refractivity contribution in [3.63, 3.8) is 0 Å². The fourth-order valence-electron chi connectivity index (χ4n) is 2.86. The van der Waals surface area contributed by atoms with Crippen LogP contribution in [0.5, 0.6) is 5.75 Å². The summed E-state index contributed by atoms with van der Waals surface area (Å²) in [6.07, 6.45) is 9.19. The Kier molecular flexibility index (Phi) is 3.65. The van der Waals surface area contributed by atoms with Crippen molar-refractivity contribution in [3.05, 3.63) is 54.6 Å². The number of nitrogens with zero attached hydrogens (tertiary/aromatic N) is 4. The van der Waals surface area contributed by atoms with Gasteiger partial charge in [-0.2, -0.15) is 5.10 Å². The molecule has 0 N–H and O–H groups in total. The van der Waals surface area contributed by atoms with Gasteiger partial charge in [-0.05, 0) is 43.0 Å². The number of pyridine rings is 2. The molecule has 0 bridgehead atoms. The first-order valence-corrected chi connectivity index (χ1v) is 8.00. The lowest BCUT2D eigenvalue weighted by atomic mass is 10.2. The molecule has 0 unspecified atom stereocenters. The predicted octanol–water partition coefficient (Wildman–Crippen LogP) is 2.79. The number of aromatic nitrogens is 3. The molecule has 0 aliphatic heterocycles. The maximum atomic E-state index is 13.2. The molecule has 122 valence electrons. The van der Waals surface area contributed by atoms with Crippen molar-refractivity contribution >= 4 is 17.1 Å². The number of amides is 1. The molecule has 1 aliphatic carbocycles. The molecule has 0 radical (unpaired) electrons. The van der Waals surface area contributed by atoms with Crippen molar-refractivity contribution in [2.45, 2.75) is 12.8 Å².